The molecule has 0 bridgehead atoms. The summed E-state index contributed by atoms with van der Waals surface area (Å²) in [5.41, 5.74) is -0.0980. The molecule has 166 valence electrons. The maximum atomic E-state index is 12.3. The summed E-state index contributed by atoms with van der Waals surface area (Å²) in [6.45, 7) is 2.45. The number of carbonyl (C=O) groups excluding carboxylic acids is 1. The van der Waals surface area contributed by atoms with Crippen LogP contribution in [-0.4, -0.2) is 64.4 Å². The SMILES string of the molecule is O=C(C1CC1)N1CC[C@]2(CCC[C@H](CNc3ccccn3)O2)C1.O=C(O)C(F)(F)F. The number of hydrogen-bond donors (Lipinski definition) is 2. The smallest absolute Gasteiger partial charge is 0.475 e. The molecule has 3 aliphatic rings. The number of nitrogens with zero attached hydrogens (tertiary/aromatic N) is 2. The summed E-state index contributed by atoms with van der Waals surface area (Å²) in [5, 5.41) is 10.5. The van der Waals surface area contributed by atoms with E-state index in [4.69, 9.17) is 14.6 Å². The van der Waals surface area contributed by atoms with Crippen LogP contribution in [0, 0.1) is 5.92 Å². The first-order valence-corrected chi connectivity index (χ1v) is 10.1. The molecule has 2 aliphatic heterocycles. The second-order valence-electron chi connectivity index (χ2n) is 8.00. The van der Waals surface area contributed by atoms with Gasteiger partial charge in [0.05, 0.1) is 11.7 Å². The molecular formula is C20H26F3N3O4. The van der Waals surface area contributed by atoms with Crippen molar-refractivity contribution in [3.8, 4) is 0 Å². The summed E-state index contributed by atoms with van der Waals surface area (Å²) in [4.78, 5) is 27.5. The second kappa shape index (κ2) is 9.20. The van der Waals surface area contributed by atoms with Gasteiger partial charge in [0.1, 0.15) is 5.82 Å². The van der Waals surface area contributed by atoms with Gasteiger partial charge >= 0.3 is 12.1 Å². The van der Waals surface area contributed by atoms with E-state index < -0.39 is 12.1 Å². The van der Waals surface area contributed by atoms with Gasteiger partial charge in [0.25, 0.3) is 0 Å². The fraction of sp³-hybridized carbons (Fsp3) is 0.650. The Kier molecular flexibility index (Phi) is 6.84. The number of nitrogens with one attached hydrogen (secondary N) is 1. The van der Waals surface area contributed by atoms with Crippen molar-refractivity contribution >= 4 is 17.7 Å². The van der Waals surface area contributed by atoms with Crippen LogP contribution in [0.3, 0.4) is 0 Å². The van der Waals surface area contributed by atoms with Gasteiger partial charge in [-0.15, -0.1) is 0 Å². The molecule has 1 saturated carbocycles. The summed E-state index contributed by atoms with van der Waals surface area (Å²) in [6.07, 6.45) is 3.43. The molecule has 2 N–H and O–H groups in total. The van der Waals surface area contributed by atoms with Crippen LogP contribution < -0.4 is 5.32 Å². The highest BCUT2D eigenvalue weighted by atomic mass is 19.4. The minimum absolute atomic E-state index is 0.0980. The van der Waals surface area contributed by atoms with Crippen LogP contribution in [0.4, 0.5) is 19.0 Å². The van der Waals surface area contributed by atoms with E-state index in [1.54, 1.807) is 6.20 Å². The predicted octanol–water partition coefficient (Wildman–Crippen LogP) is 3.08. The second-order valence-corrected chi connectivity index (χ2v) is 8.00. The molecule has 0 radical (unpaired) electrons. The predicted molar refractivity (Wildman–Crippen MR) is 102 cm³/mol. The molecule has 4 rings (SSSR count). The van der Waals surface area contributed by atoms with Gasteiger partial charge in [0, 0.05) is 31.7 Å². The molecule has 30 heavy (non-hydrogen) atoms. The molecule has 1 aromatic heterocycles. The number of likely N-dealkylation sites (tertiary alicyclic amines) is 1. The van der Waals surface area contributed by atoms with Crippen LogP contribution in [0.25, 0.3) is 0 Å². The first-order chi connectivity index (χ1) is 14.2. The van der Waals surface area contributed by atoms with E-state index in [2.05, 4.69) is 10.3 Å². The van der Waals surface area contributed by atoms with Gasteiger partial charge in [-0.25, -0.2) is 9.78 Å². The van der Waals surface area contributed by atoms with Gasteiger partial charge in [0.2, 0.25) is 5.91 Å². The molecule has 7 nitrogen and oxygen atoms in total. The molecule has 1 spiro atoms. The number of carboxylic acids is 1. The molecule has 1 amide bonds. The minimum atomic E-state index is -5.08. The third-order valence-corrected chi connectivity index (χ3v) is 5.55. The van der Waals surface area contributed by atoms with E-state index in [0.717, 1.165) is 57.6 Å². The Bertz CT molecular complexity index is 743. The molecule has 0 unspecified atom stereocenters. The Morgan fingerprint density at radius 1 is 1.27 bits per heavy atom. The molecule has 2 saturated heterocycles. The Labute approximate surface area is 172 Å². The van der Waals surface area contributed by atoms with E-state index in [1.165, 1.54) is 6.42 Å². The quantitative estimate of drug-likeness (QED) is 0.764. The monoisotopic (exact) mass is 429 g/mol. The van der Waals surface area contributed by atoms with Crippen molar-refractivity contribution in [3.05, 3.63) is 24.4 Å². The lowest BCUT2D eigenvalue weighted by Crippen LogP contribution is -2.46. The van der Waals surface area contributed by atoms with Gasteiger partial charge < -0.3 is 20.1 Å². The van der Waals surface area contributed by atoms with Crippen molar-refractivity contribution in [2.75, 3.05) is 25.0 Å². The average molecular weight is 429 g/mol. The zero-order chi connectivity index (χ0) is 21.8. The van der Waals surface area contributed by atoms with Crippen LogP contribution in [0.1, 0.15) is 38.5 Å². The summed E-state index contributed by atoms with van der Waals surface area (Å²) in [7, 11) is 0. The number of halogens is 3. The maximum absolute atomic E-state index is 12.3. The molecule has 0 aromatic carbocycles. The molecule has 3 fully saturated rings. The normalized spacial score (nSPS) is 26.1. The van der Waals surface area contributed by atoms with Gasteiger partial charge in [-0.1, -0.05) is 6.07 Å². The molecular weight excluding hydrogens is 403 g/mol. The number of aliphatic carboxylic acids is 1. The number of rotatable bonds is 4. The number of aromatic nitrogens is 1. The average Bonchev–Trinajstić information content (AvgIpc) is 3.49. The maximum Gasteiger partial charge on any atom is 0.490 e. The Balaban J connectivity index is 0.000000318. The van der Waals surface area contributed by atoms with Crippen molar-refractivity contribution in [1.82, 2.24) is 9.88 Å². The first kappa shape index (κ1) is 22.3. The Hall–Kier alpha value is -2.36. The number of ether oxygens (including phenoxy) is 1. The summed E-state index contributed by atoms with van der Waals surface area (Å²) < 4.78 is 38.2. The summed E-state index contributed by atoms with van der Waals surface area (Å²) in [5.74, 6) is -1.19. The zero-order valence-electron chi connectivity index (χ0n) is 16.5. The van der Waals surface area contributed by atoms with Crippen molar-refractivity contribution in [3.63, 3.8) is 0 Å². The number of pyridine rings is 1. The van der Waals surface area contributed by atoms with E-state index >= 15 is 0 Å². The lowest BCUT2D eigenvalue weighted by atomic mass is 9.90. The topological polar surface area (TPSA) is 91.8 Å². The van der Waals surface area contributed by atoms with Crippen LogP contribution >= 0.6 is 0 Å². The largest absolute Gasteiger partial charge is 0.490 e. The third kappa shape index (κ3) is 6.07. The van der Waals surface area contributed by atoms with Gasteiger partial charge in [-0.3, -0.25) is 4.79 Å². The Morgan fingerprint density at radius 2 is 2.00 bits per heavy atom. The lowest BCUT2D eigenvalue weighted by molar-refractivity contribution is -0.192. The number of hydrogen-bond acceptors (Lipinski definition) is 5. The van der Waals surface area contributed by atoms with Crippen molar-refractivity contribution in [2.45, 2.75) is 56.4 Å². The van der Waals surface area contributed by atoms with Crippen LogP contribution in [-0.2, 0) is 14.3 Å². The Morgan fingerprint density at radius 3 is 2.60 bits per heavy atom. The molecule has 10 heteroatoms. The summed E-state index contributed by atoms with van der Waals surface area (Å²) >= 11 is 0. The molecule has 2 atom stereocenters. The third-order valence-electron chi connectivity index (χ3n) is 5.55. The van der Waals surface area contributed by atoms with Crippen LogP contribution in [0.2, 0.25) is 0 Å². The minimum Gasteiger partial charge on any atom is -0.475 e. The van der Waals surface area contributed by atoms with Crippen molar-refractivity contribution in [2.24, 2.45) is 5.92 Å². The highest BCUT2D eigenvalue weighted by Crippen LogP contribution is 2.39. The first-order valence-electron chi connectivity index (χ1n) is 10.1. The number of anilines is 1. The van der Waals surface area contributed by atoms with E-state index in [0.29, 0.717) is 11.8 Å². The van der Waals surface area contributed by atoms with Crippen LogP contribution in [0.15, 0.2) is 24.4 Å². The fourth-order valence-corrected chi connectivity index (χ4v) is 3.87. The van der Waals surface area contributed by atoms with Crippen molar-refractivity contribution < 1.29 is 32.6 Å². The fourth-order valence-electron chi connectivity index (χ4n) is 3.87. The van der Waals surface area contributed by atoms with Crippen molar-refractivity contribution in [1.29, 1.82) is 0 Å². The highest BCUT2D eigenvalue weighted by Gasteiger charge is 2.46. The van der Waals surface area contributed by atoms with Gasteiger partial charge in [0.15, 0.2) is 0 Å². The van der Waals surface area contributed by atoms with Crippen LogP contribution in [0.5, 0.6) is 0 Å². The molecule has 3 heterocycles. The number of alkyl halides is 3. The number of amides is 1. The van der Waals surface area contributed by atoms with Gasteiger partial charge in [-0.2, -0.15) is 13.2 Å². The standard InChI is InChI=1S/C18H25N3O2.C2HF3O2/c22-17(14-6-7-14)21-11-9-18(13-21)8-3-4-15(23-18)12-20-16-5-1-2-10-19-16;3-2(4,5)1(6)7/h1-2,5,10,14-15H,3-4,6-9,11-13H2,(H,19,20);(H,6,7)/t15-,18-;/m1./s1. The van der Waals surface area contributed by atoms with Gasteiger partial charge in [-0.05, 0) is 50.7 Å². The number of carbonyl (C=O) groups is 2. The molecule has 1 aromatic rings. The highest BCUT2D eigenvalue weighted by molar-refractivity contribution is 5.81. The van der Waals surface area contributed by atoms with E-state index in [1.807, 2.05) is 23.1 Å². The molecule has 1 aliphatic carbocycles. The lowest BCUT2D eigenvalue weighted by Gasteiger charge is -2.38. The summed E-state index contributed by atoms with van der Waals surface area (Å²) in [6, 6.07) is 5.88. The zero-order valence-corrected chi connectivity index (χ0v) is 16.5. The van der Waals surface area contributed by atoms with E-state index in [9.17, 15) is 18.0 Å². The number of carboxylic acid groups (broad SMARTS) is 1. The van der Waals surface area contributed by atoms with E-state index in [-0.39, 0.29) is 11.7 Å².